The van der Waals surface area contributed by atoms with Crippen LogP contribution in [0.15, 0.2) is 11.6 Å². The highest BCUT2D eigenvalue weighted by molar-refractivity contribution is 7.09. The van der Waals surface area contributed by atoms with Gasteiger partial charge in [0.1, 0.15) is 11.1 Å². The molecule has 2 saturated heterocycles. The van der Waals surface area contributed by atoms with Crippen molar-refractivity contribution >= 4 is 17.2 Å². The molecule has 4 rings (SSSR count). The number of aromatic nitrogens is 1. The van der Waals surface area contributed by atoms with E-state index in [9.17, 15) is 4.79 Å². The lowest BCUT2D eigenvalue weighted by Gasteiger charge is -2.35. The van der Waals surface area contributed by atoms with Crippen LogP contribution in [-0.2, 0) is 16.1 Å². The van der Waals surface area contributed by atoms with Gasteiger partial charge in [-0.1, -0.05) is 0 Å². The lowest BCUT2D eigenvalue weighted by molar-refractivity contribution is -0.144. The number of nitrogens with one attached hydrogen (secondary N) is 1. The molecule has 0 spiro atoms. The molecule has 0 bridgehead atoms. The zero-order chi connectivity index (χ0) is 14.9. The number of amides is 1. The van der Waals surface area contributed by atoms with Crippen LogP contribution in [0.3, 0.4) is 0 Å². The first kappa shape index (κ1) is 14.6. The van der Waals surface area contributed by atoms with Crippen LogP contribution in [0.5, 0.6) is 0 Å². The molecular weight excluding hydrogens is 298 g/mol. The minimum Gasteiger partial charge on any atom is -0.363 e. The Morgan fingerprint density at radius 2 is 2.27 bits per heavy atom. The lowest BCUT2D eigenvalue weighted by Crippen LogP contribution is -2.47. The normalized spacial score (nSPS) is 31.9. The average Bonchev–Trinajstić information content (AvgIpc) is 3.07. The molecule has 1 aromatic heterocycles. The summed E-state index contributed by atoms with van der Waals surface area (Å²) < 4.78 is 6.10. The van der Waals surface area contributed by atoms with Crippen molar-refractivity contribution in [3.05, 3.63) is 16.6 Å². The molecule has 1 amide bonds. The zero-order valence-corrected chi connectivity index (χ0v) is 13.6. The van der Waals surface area contributed by atoms with Crippen molar-refractivity contribution in [1.29, 1.82) is 0 Å². The number of likely N-dealkylation sites (tertiary alicyclic amines) is 1. The Bertz CT molecular complexity index is 517. The second-order valence-electron chi connectivity index (χ2n) is 6.68. The number of hydrogen-bond donors (Lipinski definition) is 1. The number of nitrogens with zero attached hydrogens (tertiary/aromatic N) is 2. The molecule has 0 radical (unpaired) electrons. The highest BCUT2D eigenvalue weighted by Crippen LogP contribution is 2.33. The molecule has 3 fully saturated rings. The summed E-state index contributed by atoms with van der Waals surface area (Å²) in [6, 6.07) is 0.455. The minimum atomic E-state index is -0.236. The van der Waals surface area contributed by atoms with Crippen molar-refractivity contribution in [2.45, 2.75) is 56.9 Å². The van der Waals surface area contributed by atoms with E-state index < -0.39 is 0 Å². The minimum absolute atomic E-state index is 0.101. The number of carbonyl (C=O) groups is 1. The monoisotopic (exact) mass is 321 g/mol. The van der Waals surface area contributed by atoms with Gasteiger partial charge in [-0.25, -0.2) is 4.98 Å². The number of rotatable bonds is 5. The van der Waals surface area contributed by atoms with E-state index in [1.54, 1.807) is 11.3 Å². The molecule has 120 valence electrons. The molecule has 5 nitrogen and oxygen atoms in total. The fourth-order valence-corrected chi connectivity index (χ4v) is 4.23. The van der Waals surface area contributed by atoms with Gasteiger partial charge in [0.2, 0.25) is 5.91 Å². The van der Waals surface area contributed by atoms with Crippen LogP contribution in [0.25, 0.3) is 0 Å². The average molecular weight is 321 g/mol. The molecular formula is C16H23N3O2S. The highest BCUT2D eigenvalue weighted by Gasteiger charge is 2.41. The van der Waals surface area contributed by atoms with Crippen molar-refractivity contribution in [1.82, 2.24) is 15.2 Å². The third kappa shape index (κ3) is 3.19. The van der Waals surface area contributed by atoms with Gasteiger partial charge in [0, 0.05) is 30.7 Å². The van der Waals surface area contributed by atoms with Gasteiger partial charge in [-0.2, -0.15) is 0 Å². The second kappa shape index (κ2) is 6.26. The van der Waals surface area contributed by atoms with Gasteiger partial charge < -0.3 is 10.1 Å². The van der Waals surface area contributed by atoms with Gasteiger partial charge >= 0.3 is 0 Å². The van der Waals surface area contributed by atoms with E-state index in [1.807, 2.05) is 11.6 Å². The number of thiazole rings is 1. The smallest absolute Gasteiger partial charge is 0.249 e. The molecule has 0 unspecified atom stereocenters. The first-order valence-corrected chi connectivity index (χ1v) is 9.23. The van der Waals surface area contributed by atoms with E-state index in [-0.39, 0.29) is 18.1 Å². The maximum atomic E-state index is 12.2. The fourth-order valence-electron chi connectivity index (χ4n) is 3.59. The molecule has 1 saturated carbocycles. The van der Waals surface area contributed by atoms with Crippen LogP contribution in [0.2, 0.25) is 0 Å². The number of fused-ring (bicyclic) bond motifs is 1. The zero-order valence-electron chi connectivity index (χ0n) is 12.7. The summed E-state index contributed by atoms with van der Waals surface area (Å²) >= 11 is 1.71. The van der Waals surface area contributed by atoms with E-state index in [0.29, 0.717) is 6.04 Å². The first-order chi connectivity index (χ1) is 10.8. The summed E-state index contributed by atoms with van der Waals surface area (Å²) in [5, 5.41) is 6.26. The van der Waals surface area contributed by atoms with Crippen LogP contribution in [-0.4, -0.2) is 47.1 Å². The number of hydrogen-bond acceptors (Lipinski definition) is 5. The lowest BCUT2D eigenvalue weighted by atomic mass is 9.98. The topological polar surface area (TPSA) is 54.5 Å². The summed E-state index contributed by atoms with van der Waals surface area (Å²) in [5.74, 6) is 0.823. The van der Waals surface area contributed by atoms with E-state index in [1.165, 1.54) is 17.8 Å². The molecule has 1 aliphatic carbocycles. The fraction of sp³-hybridized carbons (Fsp3) is 0.750. The van der Waals surface area contributed by atoms with Crippen LogP contribution in [0.4, 0.5) is 0 Å². The first-order valence-electron chi connectivity index (χ1n) is 8.35. The van der Waals surface area contributed by atoms with Crippen LogP contribution >= 0.6 is 11.3 Å². The van der Waals surface area contributed by atoms with Gasteiger partial charge in [-0.3, -0.25) is 9.69 Å². The van der Waals surface area contributed by atoms with Gasteiger partial charge in [0.15, 0.2) is 0 Å². The van der Waals surface area contributed by atoms with E-state index in [0.717, 1.165) is 44.8 Å². The van der Waals surface area contributed by atoms with Crippen molar-refractivity contribution in [2.24, 2.45) is 5.92 Å². The molecule has 1 N–H and O–H groups in total. The maximum absolute atomic E-state index is 12.2. The third-order valence-electron chi connectivity index (χ3n) is 5.04. The Morgan fingerprint density at radius 1 is 1.36 bits per heavy atom. The van der Waals surface area contributed by atoms with Crippen molar-refractivity contribution < 1.29 is 9.53 Å². The van der Waals surface area contributed by atoms with Gasteiger partial charge in [-0.15, -0.1) is 11.3 Å². The largest absolute Gasteiger partial charge is 0.363 e. The maximum Gasteiger partial charge on any atom is 0.249 e. The summed E-state index contributed by atoms with van der Waals surface area (Å²) in [4.78, 5) is 19.1. The van der Waals surface area contributed by atoms with Gasteiger partial charge in [0.25, 0.3) is 0 Å². The van der Waals surface area contributed by atoms with Crippen molar-refractivity contribution in [3.63, 3.8) is 0 Å². The molecule has 0 aromatic carbocycles. The van der Waals surface area contributed by atoms with Gasteiger partial charge in [-0.05, 0) is 38.0 Å². The molecule has 22 heavy (non-hydrogen) atoms. The number of ether oxygens (including phenoxy) is 1. The Kier molecular flexibility index (Phi) is 4.15. The summed E-state index contributed by atoms with van der Waals surface area (Å²) in [6.45, 7) is 2.80. The Balaban J connectivity index is 1.30. The Hall–Kier alpha value is -0.980. The van der Waals surface area contributed by atoms with Crippen molar-refractivity contribution in [2.75, 3.05) is 13.1 Å². The van der Waals surface area contributed by atoms with Crippen LogP contribution < -0.4 is 5.32 Å². The summed E-state index contributed by atoms with van der Waals surface area (Å²) in [6.07, 6.45) is 7.30. The SMILES string of the molecule is O=C(NCC1CC1)[C@@H]1CC[C@@H]2[C@@H](CCN2Cc2nccs2)O1. The van der Waals surface area contributed by atoms with Gasteiger partial charge in [0.05, 0.1) is 12.6 Å². The standard InChI is InChI=1S/C16H23N3O2S/c20-16(18-9-11-1-2-11)14-4-3-12-13(21-14)5-7-19(12)10-15-17-6-8-22-15/h6,8,11-14H,1-5,7,9-10H2,(H,18,20)/t12-,13-,14+/m1/s1. The predicted molar refractivity (Wildman–Crippen MR) is 84.6 cm³/mol. The molecule has 6 heteroatoms. The van der Waals surface area contributed by atoms with E-state index in [4.69, 9.17) is 4.74 Å². The molecule has 3 heterocycles. The Labute approximate surface area is 135 Å². The van der Waals surface area contributed by atoms with Crippen LogP contribution in [0, 0.1) is 5.92 Å². The van der Waals surface area contributed by atoms with E-state index >= 15 is 0 Å². The predicted octanol–water partition coefficient (Wildman–Crippen LogP) is 1.79. The third-order valence-corrected chi connectivity index (χ3v) is 5.80. The summed E-state index contributed by atoms with van der Waals surface area (Å²) in [7, 11) is 0. The molecule has 1 aromatic rings. The molecule has 3 atom stereocenters. The highest BCUT2D eigenvalue weighted by atomic mass is 32.1. The quantitative estimate of drug-likeness (QED) is 0.898. The molecule has 2 aliphatic heterocycles. The summed E-state index contributed by atoms with van der Waals surface area (Å²) in [5.41, 5.74) is 0. The van der Waals surface area contributed by atoms with Crippen molar-refractivity contribution in [3.8, 4) is 0 Å². The van der Waals surface area contributed by atoms with Crippen LogP contribution in [0.1, 0.15) is 37.1 Å². The molecule has 3 aliphatic rings. The van der Waals surface area contributed by atoms with E-state index in [2.05, 4.69) is 15.2 Å². The number of carbonyl (C=O) groups excluding carboxylic acids is 1. The second-order valence-corrected chi connectivity index (χ2v) is 7.66. The Morgan fingerprint density at radius 3 is 3.05 bits per heavy atom.